The highest BCUT2D eigenvalue weighted by molar-refractivity contribution is 5.74. The van der Waals surface area contributed by atoms with Crippen LogP contribution in [0.2, 0.25) is 0 Å². The second-order valence-electron chi connectivity index (χ2n) is 9.48. The molecule has 0 atom stereocenters. The molecule has 0 aliphatic carbocycles. The first-order valence-electron chi connectivity index (χ1n) is 12.5. The molecule has 7 nitrogen and oxygen atoms in total. The van der Waals surface area contributed by atoms with E-state index in [9.17, 15) is 4.79 Å². The van der Waals surface area contributed by atoms with Crippen LogP contribution in [0, 0.1) is 6.92 Å². The van der Waals surface area contributed by atoms with Gasteiger partial charge in [0.1, 0.15) is 12.4 Å². The number of carbonyl (C=O) groups is 1. The zero-order valence-corrected chi connectivity index (χ0v) is 22.4. The Balaban J connectivity index is 2.09. The van der Waals surface area contributed by atoms with Crippen LogP contribution < -0.4 is 0 Å². The summed E-state index contributed by atoms with van der Waals surface area (Å²) < 4.78 is 29.4. The molecule has 0 fully saturated rings. The minimum Gasteiger partial charge on any atom is -0.443 e. The van der Waals surface area contributed by atoms with E-state index in [1.165, 1.54) is 11.1 Å². The first-order valence-corrected chi connectivity index (χ1v) is 12.5. The Morgan fingerprint density at radius 1 is 0.914 bits per heavy atom. The highest BCUT2D eigenvalue weighted by atomic mass is 16.7. The van der Waals surface area contributed by atoms with E-state index in [1.807, 2.05) is 45.9 Å². The Hall–Kier alpha value is -2.19. The number of rotatable bonds is 15. The van der Waals surface area contributed by atoms with Crippen molar-refractivity contribution in [2.24, 2.45) is 0 Å². The van der Waals surface area contributed by atoms with Crippen molar-refractivity contribution in [1.82, 2.24) is 4.57 Å². The van der Waals surface area contributed by atoms with E-state index < -0.39 is 5.60 Å². The van der Waals surface area contributed by atoms with E-state index in [-0.39, 0.29) is 12.9 Å². The standard InChI is InChI=1S/C28H43NO6/c1-7-24-25(15-17-32-20-23-12-9-8-10-13-23)22(2)29(27(30)35-28(3,4)5)26(24)14-11-16-33-21-34-19-18-31-6/h8-10,12-13H,7,11,14-21H2,1-6H3. The summed E-state index contributed by atoms with van der Waals surface area (Å²) in [6.45, 7) is 12.8. The molecule has 2 rings (SSSR count). The van der Waals surface area contributed by atoms with Gasteiger partial charge >= 0.3 is 6.09 Å². The van der Waals surface area contributed by atoms with Crippen LogP contribution >= 0.6 is 0 Å². The maximum atomic E-state index is 13.2. The summed E-state index contributed by atoms with van der Waals surface area (Å²) >= 11 is 0. The van der Waals surface area contributed by atoms with Gasteiger partial charge in [-0.3, -0.25) is 4.57 Å². The quantitative estimate of drug-likeness (QED) is 0.244. The molecule has 0 aliphatic rings. The van der Waals surface area contributed by atoms with Crippen LogP contribution in [0.5, 0.6) is 0 Å². The van der Waals surface area contributed by atoms with Gasteiger partial charge in [0.25, 0.3) is 0 Å². The zero-order chi connectivity index (χ0) is 25.7. The fraction of sp³-hybridized carbons (Fsp3) is 0.607. The number of hydrogen-bond acceptors (Lipinski definition) is 6. The molecule has 0 unspecified atom stereocenters. The maximum absolute atomic E-state index is 13.2. The van der Waals surface area contributed by atoms with Crippen molar-refractivity contribution in [2.45, 2.75) is 72.5 Å². The van der Waals surface area contributed by atoms with Crippen molar-refractivity contribution >= 4 is 6.09 Å². The molecule has 2 aromatic rings. The van der Waals surface area contributed by atoms with Crippen LogP contribution in [0.4, 0.5) is 4.79 Å². The van der Waals surface area contributed by atoms with E-state index >= 15 is 0 Å². The lowest BCUT2D eigenvalue weighted by Crippen LogP contribution is -2.29. The summed E-state index contributed by atoms with van der Waals surface area (Å²) in [6, 6.07) is 10.2. The molecule has 0 spiro atoms. The molecule has 1 heterocycles. The van der Waals surface area contributed by atoms with E-state index in [2.05, 4.69) is 19.1 Å². The average molecular weight is 490 g/mol. The number of carbonyl (C=O) groups excluding carboxylic acids is 1. The van der Waals surface area contributed by atoms with Crippen LogP contribution in [0.15, 0.2) is 30.3 Å². The Morgan fingerprint density at radius 3 is 2.29 bits per heavy atom. The number of ether oxygens (including phenoxy) is 5. The topological polar surface area (TPSA) is 68.2 Å². The van der Waals surface area contributed by atoms with Crippen molar-refractivity contribution in [2.75, 3.05) is 40.3 Å². The molecule has 35 heavy (non-hydrogen) atoms. The van der Waals surface area contributed by atoms with Crippen LogP contribution in [0.3, 0.4) is 0 Å². The Kier molecular flexibility index (Phi) is 12.5. The van der Waals surface area contributed by atoms with Gasteiger partial charge in [0, 0.05) is 25.1 Å². The average Bonchev–Trinajstić information content (AvgIpc) is 3.08. The highest BCUT2D eigenvalue weighted by Gasteiger charge is 2.26. The molecule has 7 heteroatoms. The van der Waals surface area contributed by atoms with E-state index in [4.69, 9.17) is 23.7 Å². The number of methoxy groups -OCH3 is 1. The molecule has 0 radical (unpaired) electrons. The van der Waals surface area contributed by atoms with Crippen molar-refractivity contribution in [3.63, 3.8) is 0 Å². The molecule has 1 aromatic heterocycles. The number of aromatic nitrogens is 1. The smallest absolute Gasteiger partial charge is 0.418 e. The lowest BCUT2D eigenvalue weighted by Gasteiger charge is -2.21. The van der Waals surface area contributed by atoms with E-state index in [0.29, 0.717) is 39.5 Å². The summed E-state index contributed by atoms with van der Waals surface area (Å²) in [7, 11) is 1.64. The summed E-state index contributed by atoms with van der Waals surface area (Å²) in [5.74, 6) is 0. The van der Waals surface area contributed by atoms with Crippen molar-refractivity contribution in [3.8, 4) is 0 Å². The third kappa shape index (κ3) is 9.76. The molecule has 0 N–H and O–H groups in total. The Bertz CT molecular complexity index is 885. The lowest BCUT2D eigenvalue weighted by molar-refractivity contribution is -0.0661. The molecular formula is C28H43NO6. The molecule has 1 aromatic carbocycles. The van der Waals surface area contributed by atoms with Gasteiger partial charge in [-0.2, -0.15) is 0 Å². The summed E-state index contributed by atoms with van der Waals surface area (Å²) in [5.41, 5.74) is 4.88. The molecule has 0 amide bonds. The molecular weight excluding hydrogens is 446 g/mol. The van der Waals surface area contributed by atoms with Gasteiger partial charge in [-0.1, -0.05) is 37.3 Å². The lowest BCUT2D eigenvalue weighted by atomic mass is 10.0. The van der Waals surface area contributed by atoms with Crippen molar-refractivity contribution < 1.29 is 28.5 Å². The number of nitrogens with zero attached hydrogens (tertiary/aromatic N) is 1. The van der Waals surface area contributed by atoms with Gasteiger partial charge in [-0.25, -0.2) is 4.79 Å². The molecule has 0 aliphatic heterocycles. The molecule has 0 bridgehead atoms. The Morgan fingerprint density at radius 2 is 1.63 bits per heavy atom. The van der Waals surface area contributed by atoms with Crippen LogP contribution in [-0.2, 0) is 49.6 Å². The summed E-state index contributed by atoms with van der Waals surface area (Å²) in [6.07, 6.45) is 2.73. The van der Waals surface area contributed by atoms with Crippen LogP contribution in [0.25, 0.3) is 0 Å². The van der Waals surface area contributed by atoms with E-state index in [1.54, 1.807) is 11.7 Å². The van der Waals surface area contributed by atoms with Crippen LogP contribution in [-0.4, -0.2) is 56.6 Å². The predicted molar refractivity (Wildman–Crippen MR) is 137 cm³/mol. The van der Waals surface area contributed by atoms with Crippen LogP contribution in [0.1, 0.15) is 62.2 Å². The fourth-order valence-electron chi connectivity index (χ4n) is 4.03. The first-order chi connectivity index (χ1) is 16.8. The molecule has 196 valence electrons. The monoisotopic (exact) mass is 489 g/mol. The third-order valence-corrected chi connectivity index (χ3v) is 5.59. The van der Waals surface area contributed by atoms with Gasteiger partial charge in [0.05, 0.1) is 26.4 Å². The third-order valence-electron chi connectivity index (χ3n) is 5.59. The summed E-state index contributed by atoms with van der Waals surface area (Å²) in [5, 5.41) is 0. The zero-order valence-electron chi connectivity index (χ0n) is 22.4. The molecule has 0 saturated heterocycles. The van der Waals surface area contributed by atoms with Crippen molar-refractivity contribution in [1.29, 1.82) is 0 Å². The maximum Gasteiger partial charge on any atom is 0.418 e. The van der Waals surface area contributed by atoms with Crippen molar-refractivity contribution in [3.05, 3.63) is 58.4 Å². The predicted octanol–water partition coefficient (Wildman–Crippen LogP) is 5.47. The number of benzene rings is 1. The fourth-order valence-corrected chi connectivity index (χ4v) is 4.03. The largest absolute Gasteiger partial charge is 0.443 e. The van der Waals surface area contributed by atoms with E-state index in [0.717, 1.165) is 36.2 Å². The minimum atomic E-state index is -0.570. The second-order valence-corrected chi connectivity index (χ2v) is 9.48. The molecule has 0 saturated carbocycles. The van der Waals surface area contributed by atoms with Gasteiger partial charge in [0.15, 0.2) is 0 Å². The summed E-state index contributed by atoms with van der Waals surface area (Å²) in [4.78, 5) is 13.2. The van der Waals surface area contributed by atoms with Gasteiger partial charge in [-0.05, 0) is 70.1 Å². The Labute approximate surface area is 210 Å². The normalized spacial score (nSPS) is 11.7. The number of hydrogen-bond donors (Lipinski definition) is 0. The SMILES string of the molecule is CCc1c(CCOCc2ccccc2)c(C)n(C(=O)OC(C)(C)C)c1CCCOCOCCOC. The van der Waals surface area contributed by atoms with Gasteiger partial charge in [0.2, 0.25) is 0 Å². The second kappa shape index (κ2) is 15.0. The van der Waals surface area contributed by atoms with Gasteiger partial charge < -0.3 is 23.7 Å². The first kappa shape index (κ1) is 29.0. The highest BCUT2D eigenvalue weighted by Crippen LogP contribution is 2.27. The minimum absolute atomic E-state index is 0.236. The van der Waals surface area contributed by atoms with Gasteiger partial charge in [-0.15, -0.1) is 0 Å².